The van der Waals surface area contributed by atoms with Gasteiger partial charge >= 0.3 is 17.9 Å². The van der Waals surface area contributed by atoms with Gasteiger partial charge in [0.15, 0.2) is 0 Å². The first-order chi connectivity index (χ1) is 21.9. The zero-order valence-corrected chi connectivity index (χ0v) is 32.4. The van der Waals surface area contributed by atoms with Crippen molar-refractivity contribution in [2.45, 2.75) is 159 Å². The van der Waals surface area contributed by atoms with Gasteiger partial charge in [0.1, 0.15) is 6.10 Å². The van der Waals surface area contributed by atoms with Gasteiger partial charge in [-0.2, -0.15) is 0 Å². The summed E-state index contributed by atoms with van der Waals surface area (Å²) in [5.41, 5.74) is 0.628. The van der Waals surface area contributed by atoms with Crippen LogP contribution in [0.1, 0.15) is 153 Å². The van der Waals surface area contributed by atoms with Gasteiger partial charge in [0.25, 0.3) is 0 Å². The van der Waals surface area contributed by atoms with Crippen LogP contribution in [-0.4, -0.2) is 35.7 Å². The summed E-state index contributed by atoms with van der Waals surface area (Å²) in [6.07, 6.45) is 11.2. The van der Waals surface area contributed by atoms with Crippen LogP contribution in [0.4, 0.5) is 0 Å². The van der Waals surface area contributed by atoms with E-state index in [4.69, 9.17) is 9.47 Å². The predicted molar refractivity (Wildman–Crippen MR) is 190 cm³/mol. The Hall–Kier alpha value is -1.85. The number of carboxylic acid groups (broad SMARTS) is 1. The summed E-state index contributed by atoms with van der Waals surface area (Å²) in [6, 6.07) is 0. The van der Waals surface area contributed by atoms with Gasteiger partial charge in [-0.1, -0.05) is 60.6 Å². The van der Waals surface area contributed by atoms with Crippen LogP contribution in [0.3, 0.4) is 0 Å². The molecular formula is C42H68O6. The minimum absolute atomic E-state index is 0.0436. The second kappa shape index (κ2) is 12.1. The lowest BCUT2D eigenvalue weighted by atomic mass is 9.32. The van der Waals surface area contributed by atoms with Crippen molar-refractivity contribution in [2.24, 2.45) is 67.5 Å². The average Bonchev–Trinajstić information content (AvgIpc) is 3.32. The zero-order valence-electron chi connectivity index (χ0n) is 32.4. The topological polar surface area (TPSA) is 89.9 Å². The van der Waals surface area contributed by atoms with Crippen LogP contribution in [0.2, 0.25) is 0 Å². The van der Waals surface area contributed by atoms with Gasteiger partial charge in [0.2, 0.25) is 0 Å². The molecule has 5 rings (SSSR count). The molecule has 0 amide bonds. The van der Waals surface area contributed by atoms with Gasteiger partial charge in [0.05, 0.1) is 24.9 Å². The molecule has 272 valence electrons. The molecule has 0 spiro atoms. The van der Waals surface area contributed by atoms with Crippen molar-refractivity contribution in [2.75, 3.05) is 6.61 Å². The molecule has 48 heavy (non-hydrogen) atoms. The van der Waals surface area contributed by atoms with Gasteiger partial charge in [-0.05, 0) is 143 Å². The fraction of sp³-hybridized carbons (Fsp3) is 0.881. The lowest BCUT2D eigenvalue weighted by Gasteiger charge is -2.73. The van der Waals surface area contributed by atoms with Crippen molar-refractivity contribution in [1.82, 2.24) is 0 Å². The number of carboxylic acids is 1. The number of aliphatic carboxylic acids is 1. The van der Waals surface area contributed by atoms with Crippen LogP contribution < -0.4 is 0 Å². The standard InChI is InChI=1S/C42H68O6/c1-26(2)27-15-20-42(25-47-35(46)36(3,4)5)22-21-40(11)28(34(27)42)13-14-30-39(10)18-17-31(38(8,9)29(39)16-19-41(30,40)12)48-33(45)24-37(6,7)23-32(43)44/h27-31,34H,1,13-25H2,2-12H3,(H,43,44)/t27-,28+,29?,30?,31-,34?,39-,40+,41+,42+/m0/s1. The highest BCUT2D eigenvalue weighted by atomic mass is 16.5. The number of carbonyl (C=O) groups excluding carboxylic acids is 2. The molecular weight excluding hydrogens is 600 g/mol. The molecule has 6 heteroatoms. The first-order valence-corrected chi connectivity index (χ1v) is 19.2. The number of hydrogen-bond acceptors (Lipinski definition) is 5. The molecule has 5 aliphatic carbocycles. The largest absolute Gasteiger partial charge is 0.481 e. The predicted octanol–water partition coefficient (Wildman–Crippen LogP) is 10.0. The van der Waals surface area contributed by atoms with Crippen molar-refractivity contribution in [3.8, 4) is 0 Å². The summed E-state index contributed by atoms with van der Waals surface area (Å²) in [4.78, 5) is 37.6. The molecule has 0 aromatic rings. The van der Waals surface area contributed by atoms with Gasteiger partial charge < -0.3 is 14.6 Å². The quantitative estimate of drug-likeness (QED) is 0.205. The van der Waals surface area contributed by atoms with E-state index in [-0.39, 0.29) is 58.0 Å². The Morgan fingerprint density at radius 1 is 0.792 bits per heavy atom. The number of esters is 2. The molecule has 5 fully saturated rings. The molecule has 5 saturated carbocycles. The van der Waals surface area contributed by atoms with Crippen LogP contribution in [-0.2, 0) is 23.9 Å². The SMILES string of the molecule is C=C(C)[C@@H]1CC[C@]2(COC(=O)C(C)(C)C)CC[C@]3(C)[C@H](CCC4[C@@]5(C)CC[C@H](OC(=O)CC(C)(C)CC(=O)O)C(C)(C)C5CC[C@]43C)C12. The fourth-order valence-electron chi connectivity index (χ4n) is 13.2. The van der Waals surface area contributed by atoms with E-state index in [1.54, 1.807) is 0 Å². The van der Waals surface area contributed by atoms with Gasteiger partial charge in [-0.3, -0.25) is 14.4 Å². The Morgan fingerprint density at radius 2 is 1.46 bits per heavy atom. The summed E-state index contributed by atoms with van der Waals surface area (Å²) in [5, 5.41) is 9.32. The first-order valence-electron chi connectivity index (χ1n) is 19.2. The molecule has 0 aliphatic heterocycles. The normalized spacial score (nSPS) is 42.0. The second-order valence-corrected chi connectivity index (χ2v) is 20.6. The van der Waals surface area contributed by atoms with Crippen LogP contribution in [0.15, 0.2) is 12.2 Å². The Balaban J connectivity index is 1.39. The number of fused-ring (bicyclic) bond motifs is 7. The smallest absolute Gasteiger partial charge is 0.311 e. The molecule has 0 aromatic heterocycles. The van der Waals surface area contributed by atoms with E-state index in [1.807, 2.05) is 34.6 Å². The highest BCUT2D eigenvalue weighted by Gasteiger charge is 2.71. The van der Waals surface area contributed by atoms with Crippen molar-refractivity contribution in [1.29, 1.82) is 0 Å². The van der Waals surface area contributed by atoms with Gasteiger partial charge in [-0.15, -0.1) is 0 Å². The summed E-state index contributed by atoms with van der Waals surface area (Å²) in [5.74, 6) is 1.40. The minimum Gasteiger partial charge on any atom is -0.481 e. The third kappa shape index (κ3) is 5.99. The van der Waals surface area contributed by atoms with Crippen LogP contribution in [0, 0.1) is 67.5 Å². The number of ether oxygens (including phenoxy) is 2. The first kappa shape index (κ1) is 37.4. The zero-order chi connectivity index (χ0) is 35.9. The van der Waals surface area contributed by atoms with Gasteiger partial charge in [-0.25, -0.2) is 0 Å². The molecule has 0 aromatic carbocycles. The van der Waals surface area contributed by atoms with Crippen molar-refractivity contribution in [3.63, 3.8) is 0 Å². The molecule has 0 bridgehead atoms. The van der Waals surface area contributed by atoms with Crippen molar-refractivity contribution < 1.29 is 29.0 Å². The van der Waals surface area contributed by atoms with Crippen molar-refractivity contribution >= 4 is 17.9 Å². The minimum atomic E-state index is -0.883. The lowest BCUT2D eigenvalue weighted by Crippen LogP contribution is -2.67. The summed E-state index contributed by atoms with van der Waals surface area (Å²) >= 11 is 0. The number of carbonyl (C=O) groups is 3. The molecule has 10 atom stereocenters. The van der Waals surface area contributed by atoms with Crippen LogP contribution >= 0.6 is 0 Å². The fourth-order valence-corrected chi connectivity index (χ4v) is 13.2. The molecule has 5 aliphatic rings. The molecule has 0 radical (unpaired) electrons. The molecule has 0 heterocycles. The van der Waals surface area contributed by atoms with Crippen LogP contribution in [0.5, 0.6) is 0 Å². The van der Waals surface area contributed by atoms with E-state index >= 15 is 0 Å². The monoisotopic (exact) mass is 669 g/mol. The lowest BCUT2D eigenvalue weighted by molar-refractivity contribution is -0.252. The summed E-state index contributed by atoms with van der Waals surface area (Å²) in [6.45, 7) is 29.4. The van der Waals surface area contributed by atoms with E-state index in [2.05, 4.69) is 48.1 Å². The Bertz CT molecular complexity index is 1310. The molecule has 1 N–H and O–H groups in total. The number of rotatable bonds is 8. The Kier molecular flexibility index (Phi) is 9.46. The average molecular weight is 669 g/mol. The van der Waals surface area contributed by atoms with E-state index in [9.17, 15) is 19.5 Å². The van der Waals surface area contributed by atoms with E-state index in [0.717, 1.165) is 38.5 Å². The maximum absolute atomic E-state index is 13.2. The third-order valence-corrected chi connectivity index (χ3v) is 15.8. The summed E-state index contributed by atoms with van der Waals surface area (Å²) < 4.78 is 12.4. The second-order valence-electron chi connectivity index (χ2n) is 20.6. The van der Waals surface area contributed by atoms with Gasteiger partial charge in [0, 0.05) is 10.8 Å². The maximum Gasteiger partial charge on any atom is 0.311 e. The van der Waals surface area contributed by atoms with Crippen LogP contribution in [0.25, 0.3) is 0 Å². The highest BCUT2D eigenvalue weighted by Crippen LogP contribution is 2.77. The number of hydrogen-bond donors (Lipinski definition) is 1. The Labute approximate surface area is 291 Å². The molecule has 6 nitrogen and oxygen atoms in total. The highest BCUT2D eigenvalue weighted by molar-refractivity contribution is 5.75. The summed E-state index contributed by atoms with van der Waals surface area (Å²) in [7, 11) is 0. The Morgan fingerprint density at radius 3 is 2.06 bits per heavy atom. The number of allylic oxidation sites excluding steroid dienone is 1. The third-order valence-electron chi connectivity index (χ3n) is 15.8. The van der Waals surface area contributed by atoms with Crippen molar-refractivity contribution in [3.05, 3.63) is 12.2 Å². The van der Waals surface area contributed by atoms with E-state index < -0.39 is 16.8 Å². The molecule has 0 saturated heterocycles. The van der Waals surface area contributed by atoms with E-state index in [1.165, 1.54) is 31.3 Å². The molecule has 3 unspecified atom stereocenters. The maximum atomic E-state index is 13.2. The van der Waals surface area contributed by atoms with E-state index in [0.29, 0.717) is 36.2 Å².